The quantitative estimate of drug-likeness (QED) is 0.569. The van der Waals surface area contributed by atoms with Crippen LogP contribution in [-0.2, 0) is 9.53 Å². The number of aliphatic carboxylic acids is 1. The maximum Gasteiger partial charge on any atom is 0.331 e. The molecule has 3 saturated carbocycles. The number of rotatable bonds is 2. The number of carboxylic acid groups (broad SMARTS) is 1. The summed E-state index contributed by atoms with van der Waals surface area (Å²) >= 11 is 0. The second-order valence-electron chi connectivity index (χ2n) is 5.95. The Kier molecular flexibility index (Phi) is 1.56. The van der Waals surface area contributed by atoms with E-state index in [1.54, 1.807) is 0 Å². The first-order valence-corrected chi connectivity index (χ1v) is 6.24. The molecule has 0 amide bonds. The van der Waals surface area contributed by atoms with Gasteiger partial charge in [-0.15, -0.1) is 0 Å². The van der Waals surface area contributed by atoms with Crippen LogP contribution in [-0.4, -0.2) is 23.3 Å². The van der Waals surface area contributed by atoms with Crippen LogP contribution >= 0.6 is 0 Å². The van der Waals surface area contributed by atoms with E-state index in [-0.39, 0.29) is 5.92 Å². The average molecular weight is 220 g/mol. The number of carboxylic acids is 1. The molecular formula is C13H16O3. The van der Waals surface area contributed by atoms with Crippen molar-refractivity contribution in [2.24, 2.45) is 29.6 Å². The van der Waals surface area contributed by atoms with Gasteiger partial charge in [0.15, 0.2) is 0 Å². The number of epoxide rings is 1. The topological polar surface area (TPSA) is 49.8 Å². The fraction of sp³-hybridized carbons (Fsp3) is 0.769. The van der Waals surface area contributed by atoms with Crippen molar-refractivity contribution in [2.45, 2.75) is 31.5 Å². The van der Waals surface area contributed by atoms with Crippen LogP contribution in [0.3, 0.4) is 0 Å². The molecule has 7 atom stereocenters. The van der Waals surface area contributed by atoms with Crippen LogP contribution in [0.15, 0.2) is 12.2 Å². The molecule has 1 heterocycles. The van der Waals surface area contributed by atoms with Gasteiger partial charge < -0.3 is 9.84 Å². The molecule has 86 valence electrons. The van der Waals surface area contributed by atoms with Crippen LogP contribution in [0.1, 0.15) is 19.3 Å². The average Bonchev–Trinajstić information content (AvgIpc) is 2.66. The zero-order valence-corrected chi connectivity index (χ0v) is 9.13. The molecule has 2 bridgehead atoms. The molecule has 3 heteroatoms. The summed E-state index contributed by atoms with van der Waals surface area (Å²) < 4.78 is 5.62. The number of fused-ring (bicyclic) bond motifs is 7. The maximum atomic E-state index is 11.0. The third-order valence-electron chi connectivity index (χ3n) is 5.46. The number of hydrogen-bond acceptors (Lipinski definition) is 2. The third kappa shape index (κ3) is 0.956. The Balaban J connectivity index is 1.60. The predicted molar refractivity (Wildman–Crippen MR) is 56.7 cm³/mol. The van der Waals surface area contributed by atoms with Crippen molar-refractivity contribution in [3.8, 4) is 0 Å². The molecule has 4 aliphatic rings. The largest absolute Gasteiger partial charge is 0.478 e. The molecule has 7 unspecified atom stereocenters. The Morgan fingerprint density at radius 2 is 2.06 bits per heavy atom. The molecular weight excluding hydrogens is 204 g/mol. The van der Waals surface area contributed by atoms with Gasteiger partial charge in [-0.3, -0.25) is 0 Å². The fourth-order valence-corrected chi connectivity index (χ4v) is 4.89. The molecule has 1 N–H and O–H groups in total. The molecule has 4 fully saturated rings. The van der Waals surface area contributed by atoms with Gasteiger partial charge >= 0.3 is 5.97 Å². The lowest BCUT2D eigenvalue weighted by Crippen LogP contribution is -2.30. The van der Waals surface area contributed by atoms with E-state index in [2.05, 4.69) is 6.58 Å². The second-order valence-corrected chi connectivity index (χ2v) is 5.95. The third-order valence-corrected chi connectivity index (χ3v) is 5.46. The highest BCUT2D eigenvalue weighted by molar-refractivity contribution is 5.86. The Morgan fingerprint density at radius 3 is 2.81 bits per heavy atom. The summed E-state index contributed by atoms with van der Waals surface area (Å²) in [5.74, 6) is 2.26. The molecule has 3 nitrogen and oxygen atoms in total. The lowest BCUT2D eigenvalue weighted by atomic mass is 9.73. The van der Waals surface area contributed by atoms with E-state index >= 15 is 0 Å². The lowest BCUT2D eigenvalue weighted by molar-refractivity contribution is -0.133. The van der Waals surface area contributed by atoms with Crippen molar-refractivity contribution in [3.05, 3.63) is 12.2 Å². The minimum absolute atomic E-state index is 0.251. The van der Waals surface area contributed by atoms with Crippen molar-refractivity contribution < 1.29 is 14.6 Å². The maximum absolute atomic E-state index is 11.0. The SMILES string of the molecule is C=C(C(=O)O)C1CC2CC1C1CC3OC3C21. The second kappa shape index (κ2) is 2.70. The van der Waals surface area contributed by atoms with E-state index in [9.17, 15) is 4.79 Å². The molecule has 3 aliphatic carbocycles. The molecule has 0 aromatic carbocycles. The molecule has 16 heavy (non-hydrogen) atoms. The van der Waals surface area contributed by atoms with E-state index in [1.807, 2.05) is 0 Å². The zero-order valence-electron chi connectivity index (χ0n) is 9.13. The summed E-state index contributed by atoms with van der Waals surface area (Å²) in [6.07, 6.45) is 4.51. The van der Waals surface area contributed by atoms with Crippen LogP contribution in [0, 0.1) is 29.6 Å². The Hall–Kier alpha value is -0.830. The Bertz CT molecular complexity index is 389. The standard InChI is InChI=1S/C13H16O3/c1-5(13(14)15)7-2-6-3-8(7)9-4-10-12(16-10)11(6)9/h6-12H,1-4H2,(H,14,15). The summed E-state index contributed by atoms with van der Waals surface area (Å²) in [7, 11) is 0. The first kappa shape index (κ1) is 9.23. The molecule has 4 rings (SSSR count). The highest BCUT2D eigenvalue weighted by Crippen LogP contribution is 2.66. The normalized spacial score (nSPS) is 55.9. The van der Waals surface area contributed by atoms with Gasteiger partial charge in [-0.25, -0.2) is 4.79 Å². The van der Waals surface area contributed by atoms with Gasteiger partial charge in [-0.05, 0) is 48.9 Å². The summed E-state index contributed by atoms with van der Waals surface area (Å²) in [6.45, 7) is 3.77. The van der Waals surface area contributed by atoms with E-state index in [1.165, 1.54) is 12.8 Å². The van der Waals surface area contributed by atoms with E-state index in [0.29, 0.717) is 29.6 Å². The number of ether oxygens (including phenoxy) is 1. The lowest BCUT2D eigenvalue weighted by Gasteiger charge is -2.32. The molecule has 0 radical (unpaired) electrons. The highest BCUT2D eigenvalue weighted by atomic mass is 16.6. The number of carbonyl (C=O) groups is 1. The van der Waals surface area contributed by atoms with Crippen LogP contribution in [0.25, 0.3) is 0 Å². The highest BCUT2D eigenvalue weighted by Gasteiger charge is 2.66. The summed E-state index contributed by atoms with van der Waals surface area (Å²) in [5, 5.41) is 9.05. The first-order chi connectivity index (χ1) is 7.66. The smallest absolute Gasteiger partial charge is 0.331 e. The van der Waals surface area contributed by atoms with Crippen LogP contribution in [0.2, 0.25) is 0 Å². The van der Waals surface area contributed by atoms with Crippen molar-refractivity contribution in [1.29, 1.82) is 0 Å². The molecule has 1 aliphatic heterocycles. The summed E-state index contributed by atoms with van der Waals surface area (Å²) in [5.41, 5.74) is 0.451. The number of hydrogen-bond donors (Lipinski definition) is 1. The van der Waals surface area contributed by atoms with Crippen molar-refractivity contribution in [3.63, 3.8) is 0 Å². The van der Waals surface area contributed by atoms with Crippen molar-refractivity contribution in [1.82, 2.24) is 0 Å². The predicted octanol–water partition coefficient (Wildman–Crippen LogP) is 1.69. The minimum atomic E-state index is -0.798. The van der Waals surface area contributed by atoms with Crippen molar-refractivity contribution in [2.75, 3.05) is 0 Å². The van der Waals surface area contributed by atoms with Gasteiger partial charge in [0, 0.05) is 5.57 Å². The Morgan fingerprint density at radius 1 is 1.25 bits per heavy atom. The van der Waals surface area contributed by atoms with Gasteiger partial charge in [0.1, 0.15) is 0 Å². The Labute approximate surface area is 94.5 Å². The summed E-state index contributed by atoms with van der Waals surface area (Å²) in [4.78, 5) is 11.0. The van der Waals surface area contributed by atoms with E-state index in [4.69, 9.17) is 9.84 Å². The van der Waals surface area contributed by atoms with Crippen LogP contribution in [0.4, 0.5) is 0 Å². The zero-order chi connectivity index (χ0) is 11.0. The molecule has 0 spiro atoms. The molecule has 1 saturated heterocycles. The monoisotopic (exact) mass is 220 g/mol. The fourth-order valence-electron chi connectivity index (χ4n) is 4.89. The first-order valence-electron chi connectivity index (χ1n) is 6.24. The van der Waals surface area contributed by atoms with E-state index in [0.717, 1.165) is 18.3 Å². The van der Waals surface area contributed by atoms with Gasteiger partial charge in [0.2, 0.25) is 0 Å². The van der Waals surface area contributed by atoms with Crippen molar-refractivity contribution >= 4 is 5.97 Å². The van der Waals surface area contributed by atoms with Crippen LogP contribution < -0.4 is 0 Å². The van der Waals surface area contributed by atoms with Gasteiger partial charge in [-0.2, -0.15) is 0 Å². The van der Waals surface area contributed by atoms with E-state index < -0.39 is 5.97 Å². The van der Waals surface area contributed by atoms with Gasteiger partial charge in [-0.1, -0.05) is 6.58 Å². The van der Waals surface area contributed by atoms with Gasteiger partial charge in [0.25, 0.3) is 0 Å². The molecule has 0 aromatic heterocycles. The van der Waals surface area contributed by atoms with Gasteiger partial charge in [0.05, 0.1) is 12.2 Å². The summed E-state index contributed by atoms with van der Waals surface area (Å²) in [6, 6.07) is 0. The molecule has 0 aromatic rings. The minimum Gasteiger partial charge on any atom is -0.478 e. The van der Waals surface area contributed by atoms with Crippen LogP contribution in [0.5, 0.6) is 0 Å².